The summed E-state index contributed by atoms with van der Waals surface area (Å²) in [6.07, 6.45) is 0. The van der Waals surface area contributed by atoms with Gasteiger partial charge in [0.15, 0.2) is 0 Å². The fourth-order valence-corrected chi connectivity index (χ4v) is 3.08. The van der Waals surface area contributed by atoms with Crippen molar-refractivity contribution in [3.63, 3.8) is 0 Å². The first kappa shape index (κ1) is 16.5. The largest absolute Gasteiger partial charge is 0.376 e. The van der Waals surface area contributed by atoms with Gasteiger partial charge in [-0.1, -0.05) is 72.9 Å². The zero-order valence-corrected chi connectivity index (χ0v) is 14.5. The van der Waals surface area contributed by atoms with Crippen molar-refractivity contribution >= 4 is 40.5 Å². The van der Waals surface area contributed by atoms with Gasteiger partial charge in [0.1, 0.15) is 0 Å². The Morgan fingerprint density at radius 3 is 1.76 bits per heavy atom. The molecule has 0 aliphatic heterocycles. The fraction of sp³-hybridized carbons (Fsp3) is 0.294. The third-order valence-corrected chi connectivity index (χ3v) is 4.29. The molecule has 0 aliphatic carbocycles. The Kier molecular flexibility index (Phi) is 5.43. The normalized spacial score (nSPS) is 12.5. The van der Waals surface area contributed by atoms with Crippen LogP contribution in [0.15, 0.2) is 36.4 Å². The van der Waals surface area contributed by atoms with Gasteiger partial charge in [0.05, 0.1) is 15.7 Å². The van der Waals surface area contributed by atoms with E-state index in [9.17, 15) is 0 Å². The van der Waals surface area contributed by atoms with Gasteiger partial charge in [0.25, 0.3) is 0 Å². The van der Waals surface area contributed by atoms with E-state index in [0.717, 1.165) is 0 Å². The molecule has 0 heterocycles. The number of hydrogen-bond acceptors (Lipinski definition) is 1. The van der Waals surface area contributed by atoms with E-state index in [2.05, 4.69) is 50.4 Å². The minimum absolute atomic E-state index is 0.0994. The van der Waals surface area contributed by atoms with Crippen LogP contribution >= 0.6 is 34.8 Å². The molecule has 4 heteroatoms. The zero-order valence-electron chi connectivity index (χ0n) is 12.3. The molecule has 1 unspecified atom stereocenters. The van der Waals surface area contributed by atoms with E-state index in [1.165, 1.54) is 11.1 Å². The number of rotatable bonds is 4. The van der Waals surface area contributed by atoms with Crippen LogP contribution in [0.4, 0.5) is 5.69 Å². The molecule has 0 spiro atoms. The molecular weight excluding hydrogens is 325 g/mol. The molecule has 2 aromatic rings. The summed E-state index contributed by atoms with van der Waals surface area (Å²) in [6, 6.07) is 12.0. The van der Waals surface area contributed by atoms with E-state index in [4.69, 9.17) is 34.8 Å². The van der Waals surface area contributed by atoms with Gasteiger partial charge in [-0.2, -0.15) is 0 Å². The minimum Gasteiger partial charge on any atom is -0.376 e. The van der Waals surface area contributed by atoms with Crippen LogP contribution in [0.3, 0.4) is 0 Å². The van der Waals surface area contributed by atoms with Crippen molar-refractivity contribution in [2.45, 2.75) is 32.7 Å². The average molecular weight is 343 g/mol. The van der Waals surface area contributed by atoms with E-state index >= 15 is 0 Å². The maximum atomic E-state index is 6.20. The van der Waals surface area contributed by atoms with Crippen molar-refractivity contribution in [2.24, 2.45) is 0 Å². The summed E-state index contributed by atoms with van der Waals surface area (Å²) in [4.78, 5) is 0. The molecule has 0 aromatic heterocycles. The Labute approximate surface area is 141 Å². The van der Waals surface area contributed by atoms with E-state index in [-0.39, 0.29) is 6.04 Å². The summed E-state index contributed by atoms with van der Waals surface area (Å²) in [5.74, 6) is 0.530. The lowest BCUT2D eigenvalue weighted by atomic mass is 9.99. The monoisotopic (exact) mass is 341 g/mol. The first-order valence-corrected chi connectivity index (χ1v) is 8.02. The van der Waals surface area contributed by atoms with Crippen LogP contribution in [0.2, 0.25) is 15.1 Å². The van der Waals surface area contributed by atoms with Gasteiger partial charge in [0, 0.05) is 11.1 Å². The van der Waals surface area contributed by atoms with Crippen LogP contribution in [-0.2, 0) is 0 Å². The van der Waals surface area contributed by atoms with E-state index in [1.54, 1.807) is 12.1 Å². The lowest BCUT2D eigenvalue weighted by Crippen LogP contribution is -2.07. The molecule has 21 heavy (non-hydrogen) atoms. The second-order valence-electron chi connectivity index (χ2n) is 5.43. The van der Waals surface area contributed by atoms with Gasteiger partial charge in [-0.3, -0.25) is 0 Å². The lowest BCUT2D eigenvalue weighted by molar-refractivity contribution is 0.852. The predicted octanol–water partition coefficient (Wildman–Crippen LogP) is 6.94. The third-order valence-electron chi connectivity index (χ3n) is 3.47. The first-order valence-electron chi connectivity index (χ1n) is 6.89. The van der Waals surface area contributed by atoms with Crippen LogP contribution in [0.5, 0.6) is 0 Å². The molecule has 0 amide bonds. The van der Waals surface area contributed by atoms with Gasteiger partial charge in [-0.15, -0.1) is 0 Å². The van der Waals surface area contributed by atoms with Crippen molar-refractivity contribution < 1.29 is 0 Å². The Balaban J connectivity index is 2.20. The van der Waals surface area contributed by atoms with E-state index < -0.39 is 0 Å². The van der Waals surface area contributed by atoms with Gasteiger partial charge in [-0.25, -0.2) is 0 Å². The SMILES string of the molecule is CC(C)c1ccc(C(C)Nc2c(Cl)cc(Cl)cc2Cl)cc1. The topological polar surface area (TPSA) is 12.0 Å². The third kappa shape index (κ3) is 4.06. The average Bonchev–Trinajstić information content (AvgIpc) is 2.42. The van der Waals surface area contributed by atoms with Gasteiger partial charge in [0.2, 0.25) is 0 Å². The molecule has 112 valence electrons. The molecular formula is C17H18Cl3N. The van der Waals surface area contributed by atoms with Gasteiger partial charge < -0.3 is 5.32 Å². The lowest BCUT2D eigenvalue weighted by Gasteiger charge is -2.19. The maximum Gasteiger partial charge on any atom is 0.0724 e. The van der Waals surface area contributed by atoms with Crippen LogP contribution in [0.25, 0.3) is 0 Å². The summed E-state index contributed by atoms with van der Waals surface area (Å²) >= 11 is 18.3. The summed E-state index contributed by atoms with van der Waals surface area (Å²) in [5, 5.41) is 4.93. The number of halogens is 3. The predicted molar refractivity (Wildman–Crippen MR) is 94.0 cm³/mol. The van der Waals surface area contributed by atoms with Crippen LogP contribution in [0.1, 0.15) is 43.9 Å². The molecule has 1 atom stereocenters. The van der Waals surface area contributed by atoms with Crippen molar-refractivity contribution in [3.05, 3.63) is 62.6 Å². The van der Waals surface area contributed by atoms with Crippen LogP contribution in [0, 0.1) is 0 Å². The second kappa shape index (κ2) is 6.91. The van der Waals surface area contributed by atoms with Gasteiger partial charge in [-0.05, 0) is 36.1 Å². The number of nitrogens with one attached hydrogen (secondary N) is 1. The highest BCUT2D eigenvalue weighted by Crippen LogP contribution is 2.36. The molecule has 2 rings (SSSR count). The standard InChI is InChI=1S/C17H18Cl3N/c1-10(2)12-4-6-13(7-5-12)11(3)21-17-15(19)8-14(18)9-16(17)20/h4-11,21H,1-3H3. The van der Waals surface area contributed by atoms with Crippen molar-refractivity contribution in [1.29, 1.82) is 0 Å². The van der Waals surface area contributed by atoms with E-state index in [0.29, 0.717) is 26.7 Å². The summed E-state index contributed by atoms with van der Waals surface area (Å²) < 4.78 is 0. The first-order chi connectivity index (χ1) is 9.88. The number of hydrogen-bond donors (Lipinski definition) is 1. The number of benzene rings is 2. The molecule has 1 N–H and O–H groups in total. The Morgan fingerprint density at radius 2 is 1.29 bits per heavy atom. The molecule has 0 aliphatic rings. The summed E-state index contributed by atoms with van der Waals surface area (Å²) in [5.41, 5.74) is 3.22. The molecule has 0 bridgehead atoms. The smallest absolute Gasteiger partial charge is 0.0724 e. The summed E-state index contributed by atoms with van der Waals surface area (Å²) in [6.45, 7) is 6.44. The molecule has 0 saturated heterocycles. The van der Waals surface area contributed by atoms with Crippen LogP contribution < -0.4 is 5.32 Å². The summed E-state index contributed by atoms with van der Waals surface area (Å²) in [7, 11) is 0. The molecule has 0 saturated carbocycles. The fourth-order valence-electron chi connectivity index (χ4n) is 2.15. The van der Waals surface area contributed by atoms with Crippen molar-refractivity contribution in [2.75, 3.05) is 5.32 Å². The highest BCUT2D eigenvalue weighted by Gasteiger charge is 2.12. The second-order valence-corrected chi connectivity index (χ2v) is 6.68. The van der Waals surface area contributed by atoms with E-state index in [1.807, 2.05) is 0 Å². The maximum absolute atomic E-state index is 6.20. The Bertz CT molecular complexity index is 597. The molecule has 2 aromatic carbocycles. The molecule has 0 fully saturated rings. The highest BCUT2D eigenvalue weighted by molar-refractivity contribution is 6.41. The van der Waals surface area contributed by atoms with Crippen LogP contribution in [-0.4, -0.2) is 0 Å². The van der Waals surface area contributed by atoms with Gasteiger partial charge >= 0.3 is 0 Å². The highest BCUT2D eigenvalue weighted by atomic mass is 35.5. The molecule has 0 radical (unpaired) electrons. The Morgan fingerprint density at radius 1 is 0.810 bits per heavy atom. The number of anilines is 1. The zero-order chi connectivity index (χ0) is 15.6. The quantitative estimate of drug-likeness (QED) is 0.634. The Hall–Kier alpha value is -0.890. The van der Waals surface area contributed by atoms with Crippen molar-refractivity contribution in [1.82, 2.24) is 0 Å². The molecule has 1 nitrogen and oxygen atoms in total. The minimum atomic E-state index is 0.0994. The van der Waals surface area contributed by atoms with Crippen molar-refractivity contribution in [3.8, 4) is 0 Å².